The Kier molecular flexibility index (Phi) is 1.97. The smallest absolute Gasteiger partial charge is 0.244 e. The molecule has 3 rings (SSSR count). The van der Waals surface area contributed by atoms with Gasteiger partial charge in [-0.1, -0.05) is 11.8 Å². The van der Waals surface area contributed by atoms with Crippen LogP contribution in [0.1, 0.15) is 0 Å². The second-order valence-corrected chi connectivity index (χ2v) is 4.83. The summed E-state index contributed by atoms with van der Waals surface area (Å²) < 4.78 is 0. The molecular weight excluding hydrogens is 226 g/mol. The first-order valence-electron chi connectivity index (χ1n) is 4.92. The lowest BCUT2D eigenvalue weighted by Crippen LogP contribution is -2.53. The average Bonchev–Trinajstić information content (AvgIpc) is 2.81. The molecule has 3 aliphatic rings. The lowest BCUT2D eigenvalue weighted by Gasteiger charge is -2.29. The van der Waals surface area contributed by atoms with E-state index < -0.39 is 0 Å². The van der Waals surface area contributed by atoms with Gasteiger partial charge in [-0.2, -0.15) is 4.99 Å². The number of nitrogens with one attached hydrogen (secondary N) is 1. The molecule has 0 amide bonds. The molecule has 0 saturated heterocycles. The standard InChI is InChI=1S/C9H11N5OS/c1-13(2)9-11-8-10-3-5-4-16-7(15)6(5)14(8)12-9/h4,6H,3H2,1-2H3,(H,10,11,12). The Hall–Kier alpha value is -1.50. The van der Waals surface area contributed by atoms with Crippen molar-refractivity contribution in [2.75, 3.05) is 20.6 Å². The van der Waals surface area contributed by atoms with Gasteiger partial charge >= 0.3 is 0 Å². The molecule has 0 bridgehead atoms. The van der Waals surface area contributed by atoms with Gasteiger partial charge in [0.05, 0.1) is 6.54 Å². The normalized spacial score (nSPS) is 26.6. The van der Waals surface area contributed by atoms with Crippen LogP contribution in [0.2, 0.25) is 0 Å². The number of hydrazine groups is 1. The third kappa shape index (κ3) is 1.24. The second-order valence-electron chi connectivity index (χ2n) is 3.96. The first-order valence-corrected chi connectivity index (χ1v) is 5.80. The van der Waals surface area contributed by atoms with Crippen molar-refractivity contribution < 1.29 is 4.79 Å². The third-order valence-electron chi connectivity index (χ3n) is 2.63. The molecule has 3 aliphatic heterocycles. The van der Waals surface area contributed by atoms with Gasteiger partial charge in [-0.3, -0.25) is 10.2 Å². The predicted molar refractivity (Wildman–Crippen MR) is 62.9 cm³/mol. The van der Waals surface area contributed by atoms with Gasteiger partial charge in [0, 0.05) is 14.1 Å². The molecule has 0 aromatic carbocycles. The van der Waals surface area contributed by atoms with Crippen molar-refractivity contribution in [1.29, 1.82) is 0 Å². The molecule has 0 aromatic rings. The number of guanidine groups is 2. The highest BCUT2D eigenvalue weighted by Crippen LogP contribution is 2.31. The van der Waals surface area contributed by atoms with Gasteiger partial charge < -0.3 is 4.90 Å². The van der Waals surface area contributed by atoms with E-state index in [1.807, 2.05) is 24.4 Å². The number of aliphatic imine (C=N–C) groups is 2. The zero-order valence-electron chi connectivity index (χ0n) is 8.97. The van der Waals surface area contributed by atoms with Crippen molar-refractivity contribution in [3.05, 3.63) is 11.0 Å². The fourth-order valence-corrected chi connectivity index (χ4v) is 2.65. The maximum Gasteiger partial charge on any atom is 0.244 e. The predicted octanol–water partition coefficient (Wildman–Crippen LogP) is -0.380. The summed E-state index contributed by atoms with van der Waals surface area (Å²) >= 11 is 1.24. The van der Waals surface area contributed by atoms with Gasteiger partial charge in [0.2, 0.25) is 17.0 Å². The Morgan fingerprint density at radius 1 is 1.62 bits per heavy atom. The molecule has 0 fully saturated rings. The molecule has 6 nitrogen and oxygen atoms in total. The van der Waals surface area contributed by atoms with Crippen LogP contribution >= 0.6 is 11.8 Å². The zero-order valence-corrected chi connectivity index (χ0v) is 9.78. The number of nitrogens with zero attached hydrogens (tertiary/aromatic N) is 4. The molecule has 16 heavy (non-hydrogen) atoms. The summed E-state index contributed by atoms with van der Waals surface area (Å²) in [6.07, 6.45) is 0. The summed E-state index contributed by atoms with van der Waals surface area (Å²) in [6.45, 7) is 0.571. The van der Waals surface area contributed by atoms with E-state index in [4.69, 9.17) is 0 Å². The van der Waals surface area contributed by atoms with Crippen LogP contribution in [0.5, 0.6) is 0 Å². The first kappa shape index (κ1) is 9.71. The summed E-state index contributed by atoms with van der Waals surface area (Å²) in [5, 5.41) is 3.76. The molecule has 3 heterocycles. The van der Waals surface area contributed by atoms with Gasteiger partial charge in [0.25, 0.3) is 0 Å². The lowest BCUT2D eigenvalue weighted by atomic mass is 10.1. The van der Waals surface area contributed by atoms with E-state index in [1.54, 1.807) is 5.01 Å². The SMILES string of the molecule is CN(C)C1=NC2=NCC3=CSC(=O)C3N2N1. The van der Waals surface area contributed by atoms with Gasteiger partial charge in [-0.25, -0.2) is 10.0 Å². The van der Waals surface area contributed by atoms with Crippen molar-refractivity contribution >= 4 is 28.8 Å². The van der Waals surface area contributed by atoms with Crippen LogP contribution in [0.15, 0.2) is 21.0 Å². The molecule has 0 aliphatic carbocycles. The molecular formula is C9H11N5OS. The highest BCUT2D eigenvalue weighted by molar-refractivity contribution is 8.16. The van der Waals surface area contributed by atoms with E-state index in [-0.39, 0.29) is 11.2 Å². The van der Waals surface area contributed by atoms with Gasteiger partial charge in [-0.15, -0.1) is 0 Å². The Morgan fingerprint density at radius 3 is 3.19 bits per heavy atom. The summed E-state index contributed by atoms with van der Waals surface area (Å²) in [7, 11) is 3.79. The van der Waals surface area contributed by atoms with Crippen LogP contribution in [-0.2, 0) is 4.79 Å². The highest BCUT2D eigenvalue weighted by Gasteiger charge is 2.41. The number of rotatable bonds is 0. The van der Waals surface area contributed by atoms with E-state index >= 15 is 0 Å². The second kappa shape index (κ2) is 3.24. The Balaban J connectivity index is 1.93. The van der Waals surface area contributed by atoms with Crippen LogP contribution in [-0.4, -0.2) is 53.6 Å². The van der Waals surface area contributed by atoms with Crippen LogP contribution in [0.25, 0.3) is 0 Å². The van der Waals surface area contributed by atoms with E-state index in [0.29, 0.717) is 18.5 Å². The fourth-order valence-electron chi connectivity index (χ4n) is 1.79. The summed E-state index contributed by atoms with van der Waals surface area (Å²) in [4.78, 5) is 22.3. The maximum absolute atomic E-state index is 11.7. The van der Waals surface area contributed by atoms with Gasteiger partial charge in [0.15, 0.2) is 0 Å². The van der Waals surface area contributed by atoms with Crippen molar-refractivity contribution in [1.82, 2.24) is 15.3 Å². The van der Waals surface area contributed by atoms with E-state index in [0.717, 1.165) is 5.57 Å². The Morgan fingerprint density at radius 2 is 2.44 bits per heavy atom. The topological polar surface area (TPSA) is 60.3 Å². The lowest BCUT2D eigenvalue weighted by molar-refractivity contribution is -0.113. The summed E-state index contributed by atoms with van der Waals surface area (Å²) in [5.41, 5.74) is 4.14. The number of fused-ring (bicyclic) bond motifs is 3. The monoisotopic (exact) mass is 237 g/mol. The fraction of sp³-hybridized carbons (Fsp3) is 0.444. The molecule has 0 saturated carbocycles. The summed E-state index contributed by atoms with van der Waals surface area (Å²) in [5.74, 6) is 1.31. The minimum atomic E-state index is -0.237. The van der Waals surface area contributed by atoms with Crippen molar-refractivity contribution in [2.45, 2.75) is 6.04 Å². The molecule has 1 N–H and O–H groups in total. The molecule has 1 atom stereocenters. The molecule has 0 radical (unpaired) electrons. The minimum absolute atomic E-state index is 0.130. The molecule has 1 unspecified atom stereocenters. The quantitative estimate of drug-likeness (QED) is 0.622. The number of carbonyl (C=O) groups is 1. The largest absolute Gasteiger partial charge is 0.347 e. The first-order chi connectivity index (χ1) is 7.66. The van der Waals surface area contributed by atoms with Crippen LogP contribution in [0, 0.1) is 0 Å². The van der Waals surface area contributed by atoms with Gasteiger partial charge in [-0.05, 0) is 11.0 Å². The van der Waals surface area contributed by atoms with E-state index in [2.05, 4.69) is 15.4 Å². The maximum atomic E-state index is 11.7. The number of hydrogen-bond donors (Lipinski definition) is 1. The third-order valence-corrected chi connectivity index (χ3v) is 3.50. The van der Waals surface area contributed by atoms with Crippen LogP contribution < -0.4 is 5.43 Å². The summed E-state index contributed by atoms with van der Waals surface area (Å²) in [6, 6.07) is -0.237. The zero-order chi connectivity index (χ0) is 11.3. The minimum Gasteiger partial charge on any atom is -0.347 e. The van der Waals surface area contributed by atoms with E-state index in [9.17, 15) is 4.79 Å². The average molecular weight is 237 g/mol. The van der Waals surface area contributed by atoms with Crippen molar-refractivity contribution in [2.24, 2.45) is 9.98 Å². The number of thioether (sulfide) groups is 1. The Labute approximate surface area is 97.1 Å². The van der Waals surface area contributed by atoms with Gasteiger partial charge in [0.1, 0.15) is 6.04 Å². The Bertz CT molecular complexity index is 453. The molecule has 0 aromatic heterocycles. The van der Waals surface area contributed by atoms with Crippen molar-refractivity contribution in [3.8, 4) is 0 Å². The van der Waals surface area contributed by atoms with Crippen molar-refractivity contribution in [3.63, 3.8) is 0 Å². The van der Waals surface area contributed by atoms with E-state index in [1.165, 1.54) is 11.8 Å². The molecule has 7 heteroatoms. The number of carbonyl (C=O) groups excluding carboxylic acids is 1. The van der Waals surface area contributed by atoms with Crippen LogP contribution in [0.3, 0.4) is 0 Å². The number of hydrogen-bond acceptors (Lipinski definition) is 7. The molecule has 0 spiro atoms. The molecule has 84 valence electrons. The van der Waals surface area contributed by atoms with Crippen LogP contribution in [0.4, 0.5) is 0 Å². The highest BCUT2D eigenvalue weighted by atomic mass is 32.2.